The maximum atomic E-state index is 13.4. The lowest BCUT2D eigenvalue weighted by Gasteiger charge is -2.31. The number of esters is 3. The second-order valence-electron chi connectivity index (χ2n) is 13.1. The number of aromatic nitrogens is 3. The molecule has 0 aromatic carbocycles. The molecular formula is C38H58N6O13. The number of carbonyl (C=O) groups is 6. The molecule has 57 heavy (non-hydrogen) atoms. The third-order valence-corrected chi connectivity index (χ3v) is 8.61. The maximum absolute atomic E-state index is 13.4. The summed E-state index contributed by atoms with van der Waals surface area (Å²) in [6, 6.07) is 0. The number of nitrogens with one attached hydrogen (secondary N) is 3. The first-order valence-corrected chi connectivity index (χ1v) is 19.1. The first kappa shape index (κ1) is 49.3. The van der Waals surface area contributed by atoms with E-state index < -0.39 is 72.9 Å². The number of rotatable bonds is 34. The molecule has 0 aliphatic heterocycles. The van der Waals surface area contributed by atoms with E-state index in [0.29, 0.717) is 64.4 Å². The van der Waals surface area contributed by atoms with Gasteiger partial charge in [-0.1, -0.05) is 58.3 Å². The zero-order valence-electron chi connectivity index (χ0n) is 32.7. The summed E-state index contributed by atoms with van der Waals surface area (Å²) in [6.07, 6.45) is 10.9. The smallest absolute Gasteiger partial charge is 0.407 e. The molecule has 0 radical (unpaired) electrons. The van der Waals surface area contributed by atoms with Gasteiger partial charge in [-0.25, -0.2) is 47.3 Å². The van der Waals surface area contributed by atoms with E-state index in [9.17, 15) is 43.2 Å². The minimum absolute atomic E-state index is 0.0908. The molecule has 3 N–H and O–H groups in total. The van der Waals surface area contributed by atoms with Crippen molar-refractivity contribution in [1.82, 2.24) is 29.7 Å². The zero-order valence-corrected chi connectivity index (χ0v) is 32.7. The molecular weight excluding hydrogens is 748 g/mol. The molecule has 0 spiro atoms. The summed E-state index contributed by atoms with van der Waals surface area (Å²) in [6.45, 7) is 9.75. The quantitative estimate of drug-likeness (QED) is 0.0293. The van der Waals surface area contributed by atoms with Gasteiger partial charge in [0.05, 0.1) is 0 Å². The van der Waals surface area contributed by atoms with Gasteiger partial charge in [-0.15, -0.1) is 0 Å². The number of ether oxygens (including phenoxy) is 4. The van der Waals surface area contributed by atoms with E-state index in [0.717, 1.165) is 70.5 Å². The molecule has 0 saturated carbocycles. The third kappa shape index (κ3) is 20.1. The Kier molecular flexibility index (Phi) is 25.5. The van der Waals surface area contributed by atoms with E-state index in [1.807, 2.05) is 0 Å². The monoisotopic (exact) mass is 806 g/mol. The fourth-order valence-corrected chi connectivity index (χ4v) is 5.38. The predicted octanol–water partition coefficient (Wildman–Crippen LogP) is 1.25. The van der Waals surface area contributed by atoms with Crippen LogP contribution in [0.25, 0.3) is 0 Å². The lowest BCUT2D eigenvalue weighted by molar-refractivity contribution is -0.159. The average molecular weight is 807 g/mol. The number of carbonyl (C=O) groups excluding carboxylic acids is 6. The number of alkyl carbamates (subject to hydrolysis) is 1. The molecule has 0 atom stereocenters. The molecule has 1 heterocycles. The number of amides is 3. The molecule has 0 unspecified atom stereocenters. The van der Waals surface area contributed by atoms with E-state index in [1.54, 1.807) is 0 Å². The van der Waals surface area contributed by atoms with Gasteiger partial charge in [0, 0.05) is 57.5 Å². The second kappa shape index (κ2) is 29.5. The summed E-state index contributed by atoms with van der Waals surface area (Å²) in [5.41, 5.74) is -3.45. The van der Waals surface area contributed by atoms with Crippen LogP contribution in [-0.2, 0) is 62.6 Å². The number of hydrogen-bond acceptors (Lipinski definition) is 13. The van der Waals surface area contributed by atoms with E-state index in [4.69, 9.17) is 18.9 Å². The molecule has 0 aliphatic carbocycles. The zero-order chi connectivity index (χ0) is 42.3. The molecule has 1 aromatic heterocycles. The average Bonchev–Trinajstić information content (AvgIpc) is 3.21. The Labute approximate surface area is 331 Å². The topological polar surface area (TPSA) is 241 Å². The van der Waals surface area contributed by atoms with Gasteiger partial charge in [-0.05, 0) is 38.5 Å². The van der Waals surface area contributed by atoms with Crippen molar-refractivity contribution >= 4 is 36.8 Å². The van der Waals surface area contributed by atoms with Crippen LogP contribution in [0.5, 0.6) is 0 Å². The lowest BCUT2D eigenvalue weighted by atomic mass is 9.92. The highest BCUT2D eigenvalue weighted by Crippen LogP contribution is 2.22. The fourth-order valence-electron chi connectivity index (χ4n) is 5.38. The predicted molar refractivity (Wildman–Crippen MR) is 208 cm³/mol. The lowest BCUT2D eigenvalue weighted by Crippen LogP contribution is -2.54. The first-order chi connectivity index (χ1) is 27.5. The Hall–Kier alpha value is -5.75. The van der Waals surface area contributed by atoms with Gasteiger partial charge in [-0.2, -0.15) is 0 Å². The van der Waals surface area contributed by atoms with Gasteiger partial charge in [-0.3, -0.25) is 9.59 Å². The van der Waals surface area contributed by atoms with Crippen molar-refractivity contribution in [2.75, 3.05) is 46.1 Å². The van der Waals surface area contributed by atoms with Crippen molar-refractivity contribution in [3.63, 3.8) is 0 Å². The van der Waals surface area contributed by atoms with Crippen molar-refractivity contribution in [1.29, 1.82) is 0 Å². The highest BCUT2D eigenvalue weighted by Gasteiger charge is 2.37. The highest BCUT2D eigenvalue weighted by molar-refractivity contribution is 5.82. The summed E-state index contributed by atoms with van der Waals surface area (Å²) in [5, 5.41) is 7.78. The first-order valence-electron chi connectivity index (χ1n) is 19.1. The van der Waals surface area contributed by atoms with Crippen molar-refractivity contribution in [3.05, 3.63) is 69.4 Å². The van der Waals surface area contributed by atoms with Crippen molar-refractivity contribution in [2.24, 2.45) is 5.41 Å². The summed E-state index contributed by atoms with van der Waals surface area (Å²) in [5.74, 6) is -2.44. The molecule has 19 nitrogen and oxygen atoms in total. The number of hydrogen-bond donors (Lipinski definition) is 3. The van der Waals surface area contributed by atoms with E-state index >= 15 is 0 Å². The van der Waals surface area contributed by atoms with Crippen LogP contribution in [0.15, 0.2) is 52.3 Å². The normalized spacial score (nSPS) is 10.7. The Morgan fingerprint density at radius 3 is 1.14 bits per heavy atom. The molecule has 0 aliphatic rings. The van der Waals surface area contributed by atoms with Crippen LogP contribution in [-0.4, -0.2) is 96.6 Å². The van der Waals surface area contributed by atoms with Crippen LogP contribution in [0.4, 0.5) is 4.79 Å². The molecule has 19 heteroatoms. The van der Waals surface area contributed by atoms with Gasteiger partial charge in [0.1, 0.15) is 31.8 Å². The van der Waals surface area contributed by atoms with Gasteiger partial charge in [0.15, 0.2) is 0 Å². The summed E-state index contributed by atoms with van der Waals surface area (Å²) >= 11 is 0. The SMILES string of the molecule is C=CC(=O)OCC(COC(=O)C=C)(COC(=O)C=C)COC(=O)NCCCCCCn1c(=O)n(CCCCCCNC=O)c(=O)n(CCCCCCNC=O)c1=O. The molecule has 0 bridgehead atoms. The Morgan fingerprint density at radius 2 is 0.807 bits per heavy atom. The minimum atomic E-state index is -1.47. The van der Waals surface area contributed by atoms with Gasteiger partial charge < -0.3 is 34.9 Å². The maximum Gasteiger partial charge on any atom is 0.407 e. The van der Waals surface area contributed by atoms with Gasteiger partial charge in [0.25, 0.3) is 0 Å². The molecule has 318 valence electrons. The van der Waals surface area contributed by atoms with Crippen molar-refractivity contribution < 1.29 is 47.7 Å². The van der Waals surface area contributed by atoms with E-state index in [-0.39, 0.29) is 26.2 Å². The van der Waals surface area contributed by atoms with Crippen molar-refractivity contribution in [3.8, 4) is 0 Å². The Balaban J connectivity index is 2.84. The van der Waals surface area contributed by atoms with Gasteiger partial charge >= 0.3 is 41.1 Å². The van der Waals surface area contributed by atoms with Crippen LogP contribution in [0, 0.1) is 5.41 Å². The Bertz CT molecular complexity index is 1530. The minimum Gasteiger partial charge on any atom is -0.462 e. The molecule has 0 saturated heterocycles. The summed E-state index contributed by atoms with van der Waals surface area (Å²) < 4.78 is 24.0. The van der Waals surface area contributed by atoms with Crippen LogP contribution in [0.1, 0.15) is 77.0 Å². The highest BCUT2D eigenvalue weighted by atomic mass is 16.6. The molecule has 0 fully saturated rings. The molecule has 1 aromatic rings. The fraction of sp³-hybridized carbons (Fsp3) is 0.605. The van der Waals surface area contributed by atoms with Crippen LogP contribution < -0.4 is 33.0 Å². The Morgan fingerprint density at radius 1 is 0.491 bits per heavy atom. The van der Waals surface area contributed by atoms with Crippen molar-refractivity contribution in [2.45, 2.75) is 96.7 Å². The van der Waals surface area contributed by atoms with Gasteiger partial charge in [0.2, 0.25) is 12.8 Å². The summed E-state index contributed by atoms with van der Waals surface area (Å²) in [4.78, 5) is 109. The van der Waals surface area contributed by atoms with Crippen LogP contribution in [0.2, 0.25) is 0 Å². The van der Waals surface area contributed by atoms with E-state index in [1.165, 1.54) is 0 Å². The number of nitrogens with zero attached hydrogens (tertiary/aromatic N) is 3. The van der Waals surface area contributed by atoms with Crippen LogP contribution in [0.3, 0.4) is 0 Å². The van der Waals surface area contributed by atoms with E-state index in [2.05, 4.69) is 35.7 Å². The second-order valence-corrected chi connectivity index (χ2v) is 13.1. The largest absolute Gasteiger partial charge is 0.462 e. The summed E-state index contributed by atoms with van der Waals surface area (Å²) in [7, 11) is 0. The number of unbranched alkanes of at least 4 members (excludes halogenated alkanes) is 9. The third-order valence-electron chi connectivity index (χ3n) is 8.61. The standard InChI is InChI=1S/C38H58N6O13/c1-4-31(47)54-25-38(26-55-32(48)5-2,27-56-33(49)6-3)28-57-34(50)41-21-15-9-12-18-24-44-36(52)42(22-16-10-7-13-19-39-29-45)35(51)43(37(44)53)23-17-11-8-14-20-40-30-46/h4-6,29-30H,1-3,7-28H2,(H,39,45)(H,40,46)(H,41,50). The molecule has 3 amide bonds. The van der Waals surface area contributed by atoms with Crippen LogP contribution >= 0.6 is 0 Å². The molecule has 1 rings (SSSR count).